The molecule has 0 spiro atoms. The monoisotopic (exact) mass is 219 g/mol. The summed E-state index contributed by atoms with van der Waals surface area (Å²) in [5.41, 5.74) is 2.48. The number of aryl methyl sites for hydroxylation is 1. The van der Waals surface area contributed by atoms with Gasteiger partial charge in [0.05, 0.1) is 11.9 Å². The highest BCUT2D eigenvalue weighted by Crippen LogP contribution is 2.15. The van der Waals surface area contributed by atoms with Crippen molar-refractivity contribution in [3.63, 3.8) is 0 Å². The van der Waals surface area contributed by atoms with E-state index in [0.717, 1.165) is 32.6 Å². The van der Waals surface area contributed by atoms with Crippen molar-refractivity contribution in [2.24, 2.45) is 0 Å². The van der Waals surface area contributed by atoms with E-state index in [-0.39, 0.29) is 0 Å². The predicted molar refractivity (Wildman–Crippen MR) is 67.9 cm³/mol. The van der Waals surface area contributed by atoms with E-state index in [1.165, 1.54) is 17.8 Å². The van der Waals surface area contributed by atoms with Crippen LogP contribution < -0.4 is 4.90 Å². The van der Waals surface area contributed by atoms with E-state index in [0.29, 0.717) is 0 Å². The molecule has 0 N–H and O–H groups in total. The van der Waals surface area contributed by atoms with E-state index >= 15 is 0 Å². The van der Waals surface area contributed by atoms with Gasteiger partial charge in [-0.3, -0.25) is 4.98 Å². The molecule has 0 amide bonds. The van der Waals surface area contributed by atoms with Crippen LogP contribution in [0.4, 0.5) is 5.69 Å². The van der Waals surface area contributed by atoms with Gasteiger partial charge < -0.3 is 9.80 Å². The summed E-state index contributed by atoms with van der Waals surface area (Å²) in [5.74, 6) is 0. The third-order valence-corrected chi connectivity index (χ3v) is 3.18. The van der Waals surface area contributed by atoms with Crippen molar-refractivity contribution < 1.29 is 0 Å². The second-order valence-electron chi connectivity index (χ2n) is 4.55. The van der Waals surface area contributed by atoms with Crippen molar-refractivity contribution in [2.75, 3.05) is 38.1 Å². The summed E-state index contributed by atoms with van der Waals surface area (Å²) < 4.78 is 0. The van der Waals surface area contributed by atoms with Crippen LogP contribution in [-0.4, -0.2) is 43.1 Å². The second-order valence-corrected chi connectivity index (χ2v) is 4.55. The molecule has 0 aliphatic carbocycles. The Balaban J connectivity index is 1.98. The Morgan fingerprint density at radius 3 is 2.50 bits per heavy atom. The van der Waals surface area contributed by atoms with Crippen LogP contribution in [0.1, 0.15) is 19.0 Å². The zero-order valence-corrected chi connectivity index (χ0v) is 10.3. The van der Waals surface area contributed by atoms with Gasteiger partial charge in [-0.2, -0.15) is 0 Å². The van der Waals surface area contributed by atoms with Gasteiger partial charge in [0.15, 0.2) is 0 Å². The molecule has 2 rings (SSSR count). The molecule has 1 saturated heterocycles. The molecule has 0 bridgehead atoms. The summed E-state index contributed by atoms with van der Waals surface area (Å²) in [5, 5.41) is 0. The van der Waals surface area contributed by atoms with Gasteiger partial charge in [-0.15, -0.1) is 0 Å². The van der Waals surface area contributed by atoms with Crippen LogP contribution >= 0.6 is 0 Å². The van der Waals surface area contributed by atoms with Crippen molar-refractivity contribution in [3.05, 3.63) is 24.0 Å². The Hall–Kier alpha value is -1.09. The third-order valence-electron chi connectivity index (χ3n) is 3.18. The lowest BCUT2D eigenvalue weighted by molar-refractivity contribution is 0.313. The van der Waals surface area contributed by atoms with E-state index in [9.17, 15) is 0 Å². The van der Waals surface area contributed by atoms with Crippen LogP contribution in [0, 0.1) is 0 Å². The van der Waals surface area contributed by atoms with Gasteiger partial charge in [0.2, 0.25) is 0 Å². The summed E-state index contributed by atoms with van der Waals surface area (Å²) in [6.07, 6.45) is 4.28. The predicted octanol–water partition coefficient (Wildman–Crippen LogP) is 1.79. The fourth-order valence-corrected chi connectivity index (χ4v) is 2.07. The molecule has 0 radical (unpaired) electrons. The number of anilines is 1. The van der Waals surface area contributed by atoms with Crippen molar-refractivity contribution in [2.45, 2.75) is 19.8 Å². The fourth-order valence-electron chi connectivity index (χ4n) is 2.07. The van der Waals surface area contributed by atoms with E-state index < -0.39 is 0 Å². The molecule has 1 aliphatic heterocycles. The molecular weight excluding hydrogens is 198 g/mol. The number of likely N-dealkylation sites (N-methyl/N-ethyl adjacent to an activating group) is 1. The molecule has 1 aromatic rings. The fraction of sp³-hybridized carbons (Fsp3) is 0.615. The number of rotatable bonds is 3. The molecule has 88 valence electrons. The van der Waals surface area contributed by atoms with Crippen LogP contribution in [0.15, 0.2) is 18.3 Å². The highest BCUT2D eigenvalue weighted by atomic mass is 15.2. The van der Waals surface area contributed by atoms with Gasteiger partial charge in [-0.05, 0) is 25.6 Å². The van der Waals surface area contributed by atoms with Crippen LogP contribution in [0.2, 0.25) is 0 Å². The highest BCUT2D eigenvalue weighted by Gasteiger charge is 2.14. The lowest BCUT2D eigenvalue weighted by Gasteiger charge is -2.33. The Morgan fingerprint density at radius 2 is 1.94 bits per heavy atom. The van der Waals surface area contributed by atoms with Crippen molar-refractivity contribution in [1.29, 1.82) is 0 Å². The zero-order chi connectivity index (χ0) is 11.4. The van der Waals surface area contributed by atoms with Crippen molar-refractivity contribution >= 4 is 5.69 Å². The number of aromatic nitrogens is 1. The maximum absolute atomic E-state index is 4.51. The van der Waals surface area contributed by atoms with E-state index in [1.807, 2.05) is 6.20 Å². The Kier molecular flexibility index (Phi) is 3.78. The standard InChI is InChI=1S/C13H21N3/c1-3-4-12-5-6-13(11-14-12)16-9-7-15(2)8-10-16/h5-6,11H,3-4,7-10H2,1-2H3. The molecule has 2 heterocycles. The van der Waals surface area contributed by atoms with Crippen LogP contribution in [0.5, 0.6) is 0 Å². The molecule has 3 heteroatoms. The molecule has 1 aliphatic rings. The van der Waals surface area contributed by atoms with Crippen molar-refractivity contribution in [1.82, 2.24) is 9.88 Å². The minimum absolute atomic E-state index is 1.09. The summed E-state index contributed by atoms with van der Waals surface area (Å²) in [7, 11) is 2.18. The van der Waals surface area contributed by atoms with E-state index in [4.69, 9.17) is 0 Å². The van der Waals surface area contributed by atoms with Gasteiger partial charge in [0.1, 0.15) is 0 Å². The second kappa shape index (κ2) is 5.30. The summed E-state index contributed by atoms with van der Waals surface area (Å²) in [4.78, 5) is 9.30. The summed E-state index contributed by atoms with van der Waals surface area (Å²) in [6.45, 7) is 6.72. The maximum atomic E-state index is 4.51. The van der Waals surface area contributed by atoms with Gasteiger partial charge in [-0.25, -0.2) is 0 Å². The molecule has 1 aromatic heterocycles. The largest absolute Gasteiger partial charge is 0.368 e. The van der Waals surface area contributed by atoms with Gasteiger partial charge >= 0.3 is 0 Å². The lowest BCUT2D eigenvalue weighted by atomic mass is 10.2. The average Bonchev–Trinajstić information content (AvgIpc) is 2.32. The SMILES string of the molecule is CCCc1ccc(N2CCN(C)CC2)cn1. The molecule has 3 nitrogen and oxygen atoms in total. The minimum atomic E-state index is 1.09. The number of hydrogen-bond acceptors (Lipinski definition) is 3. The first-order chi connectivity index (χ1) is 7.79. The van der Waals surface area contributed by atoms with Crippen LogP contribution in [-0.2, 0) is 6.42 Å². The molecule has 0 atom stereocenters. The normalized spacial score (nSPS) is 17.8. The maximum Gasteiger partial charge on any atom is 0.0553 e. The molecular formula is C13H21N3. The number of hydrogen-bond donors (Lipinski definition) is 0. The number of pyridine rings is 1. The summed E-state index contributed by atoms with van der Waals surface area (Å²) in [6, 6.07) is 4.38. The molecule has 0 aromatic carbocycles. The Bertz CT molecular complexity index is 312. The molecule has 0 saturated carbocycles. The molecule has 1 fully saturated rings. The van der Waals surface area contributed by atoms with E-state index in [1.54, 1.807) is 0 Å². The lowest BCUT2D eigenvalue weighted by Crippen LogP contribution is -2.44. The minimum Gasteiger partial charge on any atom is -0.368 e. The first-order valence-corrected chi connectivity index (χ1v) is 6.18. The van der Waals surface area contributed by atoms with Crippen LogP contribution in [0.25, 0.3) is 0 Å². The first-order valence-electron chi connectivity index (χ1n) is 6.18. The van der Waals surface area contributed by atoms with Crippen LogP contribution in [0.3, 0.4) is 0 Å². The summed E-state index contributed by atoms with van der Waals surface area (Å²) >= 11 is 0. The van der Waals surface area contributed by atoms with Gasteiger partial charge in [0, 0.05) is 31.9 Å². The Labute approximate surface area is 98.1 Å². The molecule has 16 heavy (non-hydrogen) atoms. The quantitative estimate of drug-likeness (QED) is 0.772. The number of nitrogens with zero attached hydrogens (tertiary/aromatic N) is 3. The first kappa shape index (κ1) is 11.4. The smallest absolute Gasteiger partial charge is 0.0553 e. The highest BCUT2D eigenvalue weighted by molar-refractivity contribution is 5.45. The van der Waals surface area contributed by atoms with Crippen molar-refractivity contribution in [3.8, 4) is 0 Å². The third kappa shape index (κ3) is 2.73. The average molecular weight is 219 g/mol. The topological polar surface area (TPSA) is 19.4 Å². The van der Waals surface area contributed by atoms with Gasteiger partial charge in [0.25, 0.3) is 0 Å². The number of piperazine rings is 1. The van der Waals surface area contributed by atoms with Gasteiger partial charge in [-0.1, -0.05) is 13.3 Å². The Morgan fingerprint density at radius 1 is 1.19 bits per heavy atom. The zero-order valence-electron chi connectivity index (χ0n) is 10.3. The van der Waals surface area contributed by atoms with E-state index in [2.05, 4.69) is 40.9 Å². The molecule has 0 unspecified atom stereocenters.